The summed E-state index contributed by atoms with van der Waals surface area (Å²) in [5.74, 6) is 1.48. The summed E-state index contributed by atoms with van der Waals surface area (Å²) in [6.45, 7) is 2.29. The molecule has 1 aliphatic heterocycles. The molecule has 0 aromatic heterocycles. The lowest BCUT2D eigenvalue weighted by Crippen LogP contribution is -2.40. The Bertz CT molecular complexity index is 613. The predicted molar refractivity (Wildman–Crippen MR) is 103 cm³/mol. The fourth-order valence-corrected chi connectivity index (χ4v) is 6.03. The molecular formula is C19H34N2O4S. The highest BCUT2D eigenvalue weighted by Crippen LogP contribution is 2.40. The summed E-state index contributed by atoms with van der Waals surface area (Å²) >= 11 is 0. The first kappa shape index (κ1) is 20.1. The summed E-state index contributed by atoms with van der Waals surface area (Å²) in [6.07, 6.45) is 9.64. The van der Waals surface area contributed by atoms with Crippen LogP contribution in [0.4, 0.5) is 0 Å². The van der Waals surface area contributed by atoms with Gasteiger partial charge in [0.05, 0.1) is 24.5 Å². The zero-order chi connectivity index (χ0) is 18.9. The molecule has 3 rings (SSSR count). The molecule has 4 unspecified atom stereocenters. The topological polar surface area (TPSA) is 68.2 Å². The van der Waals surface area contributed by atoms with Gasteiger partial charge in [0.1, 0.15) is 0 Å². The number of rotatable bonds is 5. The zero-order valence-electron chi connectivity index (χ0n) is 16.6. The summed E-state index contributed by atoms with van der Waals surface area (Å²) in [5, 5.41) is 4.64. The van der Waals surface area contributed by atoms with E-state index < -0.39 is 10.0 Å². The number of nitrogens with zero attached hydrogens (tertiary/aromatic N) is 2. The predicted octanol–water partition coefficient (Wildman–Crippen LogP) is 3.03. The normalized spacial score (nSPS) is 39.1. The number of sulfonamides is 1. The number of hydrogen-bond donors (Lipinski definition) is 0. The van der Waals surface area contributed by atoms with Crippen molar-refractivity contribution in [3.05, 3.63) is 0 Å². The van der Waals surface area contributed by atoms with Gasteiger partial charge in [-0.25, -0.2) is 8.42 Å². The monoisotopic (exact) mass is 386 g/mol. The Morgan fingerprint density at radius 2 is 1.65 bits per heavy atom. The molecule has 6 nitrogen and oxygen atoms in total. The molecule has 0 saturated heterocycles. The molecule has 0 N–H and O–H groups in total. The number of hydrogen-bond acceptors (Lipinski definition) is 5. The molecule has 7 heteroatoms. The van der Waals surface area contributed by atoms with Gasteiger partial charge in [0, 0.05) is 32.3 Å². The van der Waals surface area contributed by atoms with Crippen LogP contribution in [-0.2, 0) is 19.5 Å². The van der Waals surface area contributed by atoms with Gasteiger partial charge in [-0.1, -0.05) is 19.8 Å². The fourth-order valence-electron chi connectivity index (χ4n) is 5.04. The number of ether oxygens (including phenoxy) is 2. The van der Waals surface area contributed by atoms with E-state index in [9.17, 15) is 8.42 Å². The van der Waals surface area contributed by atoms with Crippen molar-refractivity contribution in [3.63, 3.8) is 0 Å². The van der Waals surface area contributed by atoms with Crippen LogP contribution in [0.3, 0.4) is 0 Å². The van der Waals surface area contributed by atoms with E-state index in [1.54, 1.807) is 14.2 Å². The second-order valence-electron chi connectivity index (χ2n) is 8.48. The second-order valence-corrected chi connectivity index (χ2v) is 10.3. The third-order valence-corrected chi connectivity index (χ3v) is 7.71. The Morgan fingerprint density at radius 1 is 1.00 bits per heavy atom. The number of methoxy groups -OCH3 is 2. The maximum absolute atomic E-state index is 12.4. The molecule has 0 spiro atoms. The van der Waals surface area contributed by atoms with Gasteiger partial charge < -0.3 is 9.47 Å². The average Bonchev–Trinajstić information content (AvgIpc) is 3.07. The van der Waals surface area contributed by atoms with Crippen LogP contribution in [0.25, 0.3) is 0 Å². The van der Waals surface area contributed by atoms with Crippen molar-refractivity contribution in [2.24, 2.45) is 22.9 Å². The van der Waals surface area contributed by atoms with Crippen molar-refractivity contribution in [3.8, 4) is 0 Å². The molecule has 1 heterocycles. The standard InChI is InChI=1S/C19H34N2O4S/c1-13-5-7-14(8-6-13)17-12-16(20-21(17)26(4,22)23)15-9-10-18(24-2)19(11-15)25-3/h13-15,17-19H,5-12H2,1-4H3. The van der Waals surface area contributed by atoms with Crippen molar-refractivity contribution in [1.82, 2.24) is 4.41 Å². The van der Waals surface area contributed by atoms with Crippen molar-refractivity contribution < 1.29 is 17.9 Å². The van der Waals surface area contributed by atoms with Gasteiger partial charge in [-0.05, 0) is 43.9 Å². The SMILES string of the molecule is COC1CCC(C2=NN(S(C)(=O)=O)C(C3CCC(C)CC3)C2)CC1OC. The molecule has 0 amide bonds. The summed E-state index contributed by atoms with van der Waals surface area (Å²) in [6, 6.07) is 0.00800. The number of hydrazone groups is 1. The second kappa shape index (κ2) is 8.15. The molecule has 0 aromatic carbocycles. The molecule has 3 aliphatic rings. The molecule has 2 saturated carbocycles. The van der Waals surface area contributed by atoms with Crippen molar-refractivity contribution >= 4 is 15.7 Å². The van der Waals surface area contributed by atoms with Crippen LogP contribution in [0, 0.1) is 17.8 Å². The van der Waals surface area contributed by atoms with Crippen molar-refractivity contribution in [1.29, 1.82) is 0 Å². The largest absolute Gasteiger partial charge is 0.379 e. The molecular weight excluding hydrogens is 352 g/mol. The highest BCUT2D eigenvalue weighted by molar-refractivity contribution is 7.88. The first-order valence-electron chi connectivity index (χ1n) is 9.95. The van der Waals surface area contributed by atoms with Gasteiger partial charge in [-0.3, -0.25) is 0 Å². The zero-order valence-corrected chi connectivity index (χ0v) is 17.4. The molecule has 0 radical (unpaired) electrons. The van der Waals surface area contributed by atoms with E-state index in [0.29, 0.717) is 11.8 Å². The Balaban J connectivity index is 1.74. The molecule has 0 bridgehead atoms. The van der Waals surface area contributed by atoms with E-state index in [-0.39, 0.29) is 18.2 Å². The first-order chi connectivity index (χ1) is 12.3. The molecule has 4 atom stereocenters. The first-order valence-corrected chi connectivity index (χ1v) is 11.8. The van der Waals surface area contributed by atoms with Crippen LogP contribution < -0.4 is 0 Å². The minimum atomic E-state index is -3.33. The minimum Gasteiger partial charge on any atom is -0.379 e. The molecule has 0 aromatic rings. The van der Waals surface area contributed by atoms with Gasteiger partial charge >= 0.3 is 0 Å². The molecule has 150 valence electrons. The summed E-state index contributed by atoms with van der Waals surface area (Å²) < 4.78 is 37.3. The maximum atomic E-state index is 12.4. The summed E-state index contributed by atoms with van der Waals surface area (Å²) in [7, 11) is 0.127. The Labute approximate surface area is 158 Å². The van der Waals surface area contributed by atoms with Gasteiger partial charge in [0.25, 0.3) is 0 Å². The van der Waals surface area contributed by atoms with Crippen LogP contribution in [0.5, 0.6) is 0 Å². The summed E-state index contributed by atoms with van der Waals surface area (Å²) in [4.78, 5) is 0. The Kier molecular flexibility index (Phi) is 6.29. The van der Waals surface area contributed by atoms with Gasteiger partial charge in [-0.2, -0.15) is 9.52 Å². The molecule has 2 aliphatic carbocycles. The van der Waals surface area contributed by atoms with Crippen molar-refractivity contribution in [2.75, 3.05) is 20.5 Å². The quantitative estimate of drug-likeness (QED) is 0.728. The van der Waals surface area contributed by atoms with Gasteiger partial charge in [-0.15, -0.1) is 0 Å². The highest BCUT2D eigenvalue weighted by Gasteiger charge is 2.42. The smallest absolute Gasteiger partial charge is 0.247 e. The lowest BCUT2D eigenvalue weighted by molar-refractivity contribution is -0.0639. The van der Waals surface area contributed by atoms with Gasteiger partial charge in [0.2, 0.25) is 10.0 Å². The average molecular weight is 387 g/mol. The van der Waals surface area contributed by atoms with Crippen LogP contribution in [-0.4, -0.2) is 57.3 Å². The third kappa shape index (κ3) is 4.25. The van der Waals surface area contributed by atoms with E-state index in [4.69, 9.17) is 9.47 Å². The summed E-state index contributed by atoms with van der Waals surface area (Å²) in [5.41, 5.74) is 1.05. The molecule has 2 fully saturated rings. The van der Waals surface area contributed by atoms with E-state index in [1.807, 2.05) is 0 Å². The van der Waals surface area contributed by atoms with E-state index in [1.165, 1.54) is 23.5 Å². The Hall–Kier alpha value is -0.660. The van der Waals surface area contributed by atoms with Crippen LogP contribution in [0.1, 0.15) is 58.3 Å². The van der Waals surface area contributed by atoms with E-state index >= 15 is 0 Å². The Morgan fingerprint density at radius 3 is 2.23 bits per heavy atom. The van der Waals surface area contributed by atoms with E-state index in [0.717, 1.165) is 50.2 Å². The molecule has 26 heavy (non-hydrogen) atoms. The minimum absolute atomic E-state index is 0.00800. The van der Waals surface area contributed by atoms with Crippen LogP contribution in [0.2, 0.25) is 0 Å². The van der Waals surface area contributed by atoms with E-state index in [2.05, 4.69) is 12.0 Å². The third-order valence-electron chi connectivity index (χ3n) is 6.68. The fraction of sp³-hybridized carbons (Fsp3) is 0.947. The van der Waals surface area contributed by atoms with Gasteiger partial charge in [0.15, 0.2) is 0 Å². The van der Waals surface area contributed by atoms with Crippen LogP contribution in [0.15, 0.2) is 5.10 Å². The lowest BCUT2D eigenvalue weighted by Gasteiger charge is -2.35. The highest BCUT2D eigenvalue weighted by atomic mass is 32.2. The maximum Gasteiger partial charge on any atom is 0.247 e. The van der Waals surface area contributed by atoms with Crippen molar-refractivity contribution in [2.45, 2.75) is 76.5 Å². The lowest BCUT2D eigenvalue weighted by atomic mass is 9.76. The van der Waals surface area contributed by atoms with Crippen LogP contribution >= 0.6 is 0 Å².